The van der Waals surface area contributed by atoms with E-state index in [1.165, 1.54) is 5.56 Å². The van der Waals surface area contributed by atoms with Crippen LogP contribution in [-0.4, -0.2) is 47.1 Å². The number of ketones is 1. The quantitative estimate of drug-likeness (QED) is 0.172. The molecule has 1 aromatic heterocycles. The number of aliphatic hydroxyl groups is 1. The molecule has 1 saturated heterocycles. The Hall–Kier alpha value is -4.47. The lowest BCUT2D eigenvalue weighted by Crippen LogP contribution is -2.36. The predicted octanol–water partition coefficient (Wildman–Crippen LogP) is 6.76. The normalized spacial score (nSPS) is 14.8. The maximum atomic E-state index is 13.3. The summed E-state index contributed by atoms with van der Waals surface area (Å²) in [5, 5.41) is 12.4. The third-order valence-electron chi connectivity index (χ3n) is 8.11. The number of aromatic nitrogens is 1. The Balaban J connectivity index is 1.31. The number of carbonyl (C=O) groups excluding carboxylic acids is 1. The molecule has 1 fully saturated rings. The van der Waals surface area contributed by atoms with Crippen molar-refractivity contribution in [1.29, 1.82) is 0 Å². The molecule has 5 aromatic rings. The highest BCUT2D eigenvalue weighted by Gasteiger charge is 2.24. The van der Waals surface area contributed by atoms with Crippen LogP contribution in [0.5, 0.6) is 0 Å². The highest BCUT2D eigenvalue weighted by atomic mass is 16.5. The van der Waals surface area contributed by atoms with Gasteiger partial charge in [0.25, 0.3) is 0 Å². The molecular weight excluding hydrogens is 520 g/mol. The van der Waals surface area contributed by atoms with Crippen LogP contribution in [0.25, 0.3) is 22.0 Å². The summed E-state index contributed by atoms with van der Waals surface area (Å²) in [6, 6.07) is 31.1. The van der Waals surface area contributed by atoms with E-state index in [4.69, 9.17) is 4.74 Å². The molecule has 6 rings (SSSR count). The van der Waals surface area contributed by atoms with Gasteiger partial charge in [0.2, 0.25) is 0 Å². The zero-order valence-electron chi connectivity index (χ0n) is 23.7. The van der Waals surface area contributed by atoms with Gasteiger partial charge < -0.3 is 14.8 Å². The summed E-state index contributed by atoms with van der Waals surface area (Å²) in [5.41, 5.74) is 6.56. The van der Waals surface area contributed by atoms with Crippen molar-refractivity contribution in [3.63, 3.8) is 0 Å². The van der Waals surface area contributed by atoms with E-state index in [0.29, 0.717) is 17.2 Å². The maximum Gasteiger partial charge on any atom is 0.195 e. The second-order valence-electron chi connectivity index (χ2n) is 10.8. The van der Waals surface area contributed by atoms with E-state index in [1.807, 2.05) is 54.7 Å². The van der Waals surface area contributed by atoms with Crippen LogP contribution in [0.1, 0.15) is 51.6 Å². The Morgan fingerprint density at radius 1 is 0.952 bits per heavy atom. The van der Waals surface area contributed by atoms with Crippen molar-refractivity contribution in [3.05, 3.63) is 131 Å². The number of aromatic amines is 1. The van der Waals surface area contributed by atoms with E-state index in [0.717, 1.165) is 65.6 Å². The maximum absolute atomic E-state index is 13.3. The molecular formula is C37H34N2O3. The van der Waals surface area contributed by atoms with Crippen LogP contribution < -0.4 is 0 Å². The molecule has 0 bridgehead atoms. The number of carbonyl (C=O) groups is 1. The van der Waals surface area contributed by atoms with Crippen LogP contribution in [0.4, 0.5) is 0 Å². The summed E-state index contributed by atoms with van der Waals surface area (Å²) < 4.78 is 5.50. The number of ether oxygens (including phenoxy) is 1. The molecule has 0 aliphatic carbocycles. The summed E-state index contributed by atoms with van der Waals surface area (Å²) in [6.07, 6.45) is 3.11. The highest BCUT2D eigenvalue weighted by Crippen LogP contribution is 2.34. The minimum Gasteiger partial charge on any atom is -0.381 e. The number of rotatable bonds is 7. The third-order valence-corrected chi connectivity index (χ3v) is 8.11. The van der Waals surface area contributed by atoms with Gasteiger partial charge in [-0.3, -0.25) is 9.69 Å². The Bertz CT molecular complexity index is 1740. The SMILES string of the molecule is COC1CCN(Cc2ccc(C#Cc3cccc(C(O)C(=O)c4ccccc4)c3-c3ccc4cc[nH]c4c3)cc2)CC1. The average Bonchev–Trinajstić information content (AvgIpc) is 3.52. The first kappa shape index (κ1) is 27.7. The number of Topliss-reactive ketones (excluding diaryl/α,β-unsaturated/α-hetero) is 1. The number of aliphatic hydroxyl groups excluding tert-OH is 1. The summed E-state index contributed by atoms with van der Waals surface area (Å²) in [7, 11) is 1.80. The fourth-order valence-corrected chi connectivity index (χ4v) is 5.72. The first-order chi connectivity index (χ1) is 20.6. The summed E-state index contributed by atoms with van der Waals surface area (Å²) >= 11 is 0. The number of likely N-dealkylation sites (tertiary alicyclic amines) is 1. The zero-order chi connectivity index (χ0) is 28.9. The molecule has 1 atom stereocenters. The lowest BCUT2D eigenvalue weighted by molar-refractivity contribution is 0.0388. The Kier molecular flexibility index (Phi) is 8.30. The molecule has 5 nitrogen and oxygen atoms in total. The minimum absolute atomic E-state index is 0.343. The van der Waals surface area contributed by atoms with Crippen LogP contribution in [0.15, 0.2) is 103 Å². The fraction of sp³-hybridized carbons (Fsp3) is 0.216. The van der Waals surface area contributed by atoms with Crippen LogP contribution in [0.2, 0.25) is 0 Å². The number of benzene rings is 4. The summed E-state index contributed by atoms with van der Waals surface area (Å²) in [4.78, 5) is 19.0. The highest BCUT2D eigenvalue weighted by molar-refractivity contribution is 6.01. The first-order valence-electron chi connectivity index (χ1n) is 14.4. The number of piperidine rings is 1. The summed E-state index contributed by atoms with van der Waals surface area (Å²) in [6.45, 7) is 3.02. The van der Waals surface area contributed by atoms with E-state index < -0.39 is 6.10 Å². The number of hydrogen-bond donors (Lipinski definition) is 2. The van der Waals surface area contributed by atoms with Crippen molar-refractivity contribution in [2.45, 2.75) is 31.6 Å². The average molecular weight is 555 g/mol. The van der Waals surface area contributed by atoms with Crippen LogP contribution >= 0.6 is 0 Å². The number of nitrogens with zero attached hydrogens (tertiary/aromatic N) is 1. The molecule has 0 radical (unpaired) electrons. The third kappa shape index (κ3) is 6.07. The minimum atomic E-state index is -1.32. The number of hydrogen-bond acceptors (Lipinski definition) is 4. The van der Waals surface area contributed by atoms with E-state index in [2.05, 4.69) is 46.0 Å². The van der Waals surface area contributed by atoms with Crippen LogP contribution in [0, 0.1) is 11.8 Å². The first-order valence-corrected chi connectivity index (χ1v) is 14.4. The van der Waals surface area contributed by atoms with Gasteiger partial charge in [0.1, 0.15) is 6.10 Å². The molecule has 0 spiro atoms. The second-order valence-corrected chi connectivity index (χ2v) is 10.8. The Morgan fingerprint density at radius 2 is 1.74 bits per heavy atom. The Morgan fingerprint density at radius 3 is 2.50 bits per heavy atom. The van der Waals surface area contributed by atoms with Gasteiger partial charge in [-0.05, 0) is 65.3 Å². The van der Waals surface area contributed by atoms with Crippen molar-refractivity contribution in [2.75, 3.05) is 20.2 Å². The lowest BCUT2D eigenvalue weighted by Gasteiger charge is -2.31. The molecule has 42 heavy (non-hydrogen) atoms. The number of H-pyrrole nitrogens is 1. The smallest absolute Gasteiger partial charge is 0.195 e. The molecule has 0 amide bonds. The molecule has 210 valence electrons. The number of fused-ring (bicyclic) bond motifs is 1. The summed E-state index contributed by atoms with van der Waals surface area (Å²) in [5.74, 6) is 6.33. The van der Waals surface area contributed by atoms with E-state index in [9.17, 15) is 9.90 Å². The van der Waals surface area contributed by atoms with E-state index >= 15 is 0 Å². The van der Waals surface area contributed by atoms with E-state index in [-0.39, 0.29) is 5.78 Å². The van der Waals surface area contributed by atoms with Gasteiger partial charge >= 0.3 is 0 Å². The molecule has 1 unspecified atom stereocenters. The van der Waals surface area contributed by atoms with Crippen molar-refractivity contribution < 1.29 is 14.6 Å². The van der Waals surface area contributed by atoms with Gasteiger partial charge in [0, 0.05) is 60.7 Å². The molecule has 4 aromatic carbocycles. The van der Waals surface area contributed by atoms with Gasteiger partial charge in [-0.15, -0.1) is 0 Å². The van der Waals surface area contributed by atoms with Gasteiger partial charge in [-0.25, -0.2) is 0 Å². The van der Waals surface area contributed by atoms with E-state index in [1.54, 1.807) is 31.4 Å². The zero-order valence-corrected chi connectivity index (χ0v) is 23.7. The van der Waals surface area contributed by atoms with Crippen molar-refractivity contribution >= 4 is 16.7 Å². The van der Waals surface area contributed by atoms with Crippen molar-refractivity contribution in [3.8, 4) is 23.0 Å². The molecule has 2 heterocycles. The standard InChI is InChI=1S/C37H34N2O3/c1-42-32-19-22-39(23-20-32)25-27-12-10-26(11-13-27)14-15-29-8-5-9-33(37(41)36(40)30-6-3-2-4-7-30)35(29)31-17-16-28-18-21-38-34(28)24-31/h2-13,16-18,21,24,32,37-38,41H,19-20,22-23,25H2,1H3. The molecule has 0 saturated carbocycles. The molecule has 5 heteroatoms. The molecule has 1 aliphatic heterocycles. The largest absolute Gasteiger partial charge is 0.381 e. The Labute approximate surface area is 246 Å². The van der Waals surface area contributed by atoms with Gasteiger partial charge in [-0.2, -0.15) is 0 Å². The second kappa shape index (κ2) is 12.6. The van der Waals surface area contributed by atoms with Gasteiger partial charge in [-0.1, -0.05) is 78.6 Å². The number of nitrogens with one attached hydrogen (secondary N) is 1. The molecule has 2 N–H and O–H groups in total. The van der Waals surface area contributed by atoms with Crippen molar-refractivity contribution in [2.24, 2.45) is 0 Å². The monoisotopic (exact) mass is 554 g/mol. The number of methoxy groups -OCH3 is 1. The van der Waals surface area contributed by atoms with Crippen LogP contribution in [-0.2, 0) is 11.3 Å². The van der Waals surface area contributed by atoms with Crippen molar-refractivity contribution in [1.82, 2.24) is 9.88 Å². The van der Waals surface area contributed by atoms with Crippen LogP contribution in [0.3, 0.4) is 0 Å². The topological polar surface area (TPSA) is 65.6 Å². The van der Waals surface area contributed by atoms with Gasteiger partial charge in [0.15, 0.2) is 5.78 Å². The predicted molar refractivity (Wildman–Crippen MR) is 167 cm³/mol. The fourth-order valence-electron chi connectivity index (χ4n) is 5.72. The van der Waals surface area contributed by atoms with Gasteiger partial charge in [0.05, 0.1) is 6.10 Å². The lowest BCUT2D eigenvalue weighted by atomic mass is 9.88. The molecule has 1 aliphatic rings.